The fourth-order valence-electron chi connectivity index (χ4n) is 2.49. The van der Waals surface area contributed by atoms with Crippen molar-refractivity contribution in [3.05, 3.63) is 77.5 Å². The molecule has 0 saturated heterocycles. The van der Waals surface area contributed by atoms with E-state index < -0.39 is 0 Å². The minimum Gasteiger partial charge on any atom is -0.320 e. The molecule has 3 aromatic rings. The van der Waals surface area contributed by atoms with Gasteiger partial charge in [-0.1, -0.05) is 42.5 Å². The lowest BCUT2D eigenvalue weighted by molar-refractivity contribution is 0.868. The maximum atomic E-state index is 6.46. The van der Waals surface area contributed by atoms with Gasteiger partial charge in [-0.15, -0.1) is 0 Å². The highest BCUT2D eigenvalue weighted by Gasteiger charge is 2.13. The molecule has 2 N–H and O–H groups in total. The monoisotopic (exact) mass is 248 g/mol. The predicted octanol–water partition coefficient (Wildman–Crippen LogP) is 3.59. The Balaban J connectivity index is 2.17. The van der Waals surface area contributed by atoms with E-state index in [2.05, 4.69) is 30.1 Å². The zero-order valence-corrected chi connectivity index (χ0v) is 10.9. The van der Waals surface area contributed by atoms with Gasteiger partial charge in [-0.25, -0.2) is 0 Å². The zero-order chi connectivity index (χ0) is 13.2. The van der Waals surface area contributed by atoms with Crippen LogP contribution < -0.4 is 5.73 Å². The first-order valence-electron chi connectivity index (χ1n) is 6.42. The van der Waals surface area contributed by atoms with Crippen LogP contribution >= 0.6 is 0 Å². The van der Waals surface area contributed by atoms with Gasteiger partial charge in [0.05, 0.1) is 11.6 Å². The molecule has 2 nitrogen and oxygen atoms in total. The van der Waals surface area contributed by atoms with Gasteiger partial charge in [-0.2, -0.15) is 0 Å². The number of rotatable bonds is 2. The molecule has 2 aromatic carbocycles. The average molecular weight is 248 g/mol. The highest BCUT2D eigenvalue weighted by molar-refractivity contribution is 5.82. The largest absolute Gasteiger partial charge is 0.320 e. The number of para-hydroxylation sites is 1. The van der Waals surface area contributed by atoms with E-state index in [1.54, 1.807) is 0 Å². The number of aromatic nitrogens is 1. The van der Waals surface area contributed by atoms with Crippen LogP contribution in [0.2, 0.25) is 0 Å². The van der Waals surface area contributed by atoms with E-state index in [-0.39, 0.29) is 6.04 Å². The number of fused-ring (bicyclic) bond motifs is 1. The zero-order valence-electron chi connectivity index (χ0n) is 10.9. The summed E-state index contributed by atoms with van der Waals surface area (Å²) in [5.74, 6) is 0. The van der Waals surface area contributed by atoms with Gasteiger partial charge in [0.1, 0.15) is 0 Å². The topological polar surface area (TPSA) is 38.9 Å². The minimum atomic E-state index is -0.117. The Hall–Kier alpha value is -2.19. The van der Waals surface area contributed by atoms with Crippen molar-refractivity contribution < 1.29 is 0 Å². The van der Waals surface area contributed by atoms with Gasteiger partial charge in [0.15, 0.2) is 0 Å². The lowest BCUT2D eigenvalue weighted by Gasteiger charge is -2.16. The second-order valence-electron chi connectivity index (χ2n) is 4.75. The average Bonchev–Trinajstić information content (AvgIpc) is 2.46. The molecule has 2 heteroatoms. The van der Waals surface area contributed by atoms with Crippen molar-refractivity contribution >= 4 is 10.9 Å². The molecular weight excluding hydrogens is 232 g/mol. The molecule has 19 heavy (non-hydrogen) atoms. The molecule has 0 saturated carbocycles. The third kappa shape index (κ3) is 2.11. The highest BCUT2D eigenvalue weighted by atomic mass is 14.7. The molecule has 94 valence electrons. The third-order valence-corrected chi connectivity index (χ3v) is 3.54. The summed E-state index contributed by atoms with van der Waals surface area (Å²) in [6, 6.07) is 18.3. The van der Waals surface area contributed by atoms with Gasteiger partial charge in [-0.05, 0) is 35.7 Å². The Morgan fingerprint density at radius 1 is 0.895 bits per heavy atom. The summed E-state index contributed by atoms with van der Waals surface area (Å²) >= 11 is 0. The summed E-state index contributed by atoms with van der Waals surface area (Å²) in [6.07, 6.45) is 1.83. The van der Waals surface area contributed by atoms with E-state index in [1.807, 2.05) is 42.6 Å². The van der Waals surface area contributed by atoms with Crippen molar-refractivity contribution in [1.29, 1.82) is 0 Å². The number of nitrogens with zero attached hydrogens (tertiary/aromatic N) is 1. The lowest BCUT2D eigenvalue weighted by Crippen LogP contribution is -2.13. The van der Waals surface area contributed by atoms with Crippen molar-refractivity contribution in [1.82, 2.24) is 4.98 Å². The number of hydrogen-bond donors (Lipinski definition) is 1. The molecule has 0 radical (unpaired) electrons. The molecule has 0 aliphatic rings. The van der Waals surface area contributed by atoms with Crippen LogP contribution in [0.4, 0.5) is 0 Å². The second kappa shape index (κ2) is 4.82. The van der Waals surface area contributed by atoms with Gasteiger partial charge < -0.3 is 5.73 Å². The van der Waals surface area contributed by atoms with Crippen LogP contribution in [0.5, 0.6) is 0 Å². The number of nitrogens with two attached hydrogens (primary N) is 1. The maximum absolute atomic E-state index is 6.46. The molecule has 0 bridgehead atoms. The summed E-state index contributed by atoms with van der Waals surface area (Å²) in [5.41, 5.74) is 11.0. The molecule has 1 heterocycles. The third-order valence-electron chi connectivity index (χ3n) is 3.54. The Morgan fingerprint density at radius 2 is 1.63 bits per heavy atom. The van der Waals surface area contributed by atoms with Crippen LogP contribution in [0, 0.1) is 6.92 Å². The molecule has 3 rings (SSSR count). The molecule has 1 atom stereocenters. The summed E-state index contributed by atoms with van der Waals surface area (Å²) in [6.45, 7) is 2.10. The van der Waals surface area contributed by atoms with Crippen molar-refractivity contribution in [2.75, 3.05) is 0 Å². The summed E-state index contributed by atoms with van der Waals surface area (Å²) < 4.78 is 0. The van der Waals surface area contributed by atoms with Crippen LogP contribution in [-0.2, 0) is 0 Å². The maximum Gasteiger partial charge on any atom is 0.0705 e. The molecule has 0 spiro atoms. The summed E-state index contributed by atoms with van der Waals surface area (Å²) in [4.78, 5) is 4.38. The molecular formula is C17H16N2. The number of aryl methyl sites for hydroxylation is 1. The highest BCUT2D eigenvalue weighted by Crippen LogP contribution is 2.27. The first kappa shape index (κ1) is 11.9. The van der Waals surface area contributed by atoms with Gasteiger partial charge in [0.25, 0.3) is 0 Å². The quantitative estimate of drug-likeness (QED) is 0.752. The molecule has 0 amide bonds. The van der Waals surface area contributed by atoms with Crippen molar-refractivity contribution in [3.8, 4) is 0 Å². The molecule has 0 fully saturated rings. The Labute approximate surface area is 112 Å². The minimum absolute atomic E-state index is 0.117. The van der Waals surface area contributed by atoms with Gasteiger partial charge >= 0.3 is 0 Å². The SMILES string of the molecule is Cc1ccccc1C(N)c1ccnc2ccccc12. The second-order valence-corrected chi connectivity index (χ2v) is 4.75. The summed E-state index contributed by atoms with van der Waals surface area (Å²) in [5, 5.41) is 1.13. The lowest BCUT2D eigenvalue weighted by atomic mass is 9.94. The van der Waals surface area contributed by atoms with Gasteiger partial charge in [0, 0.05) is 11.6 Å². The van der Waals surface area contributed by atoms with Crippen LogP contribution in [-0.4, -0.2) is 4.98 Å². The van der Waals surface area contributed by atoms with E-state index in [4.69, 9.17) is 5.73 Å². The van der Waals surface area contributed by atoms with E-state index >= 15 is 0 Å². The fraction of sp³-hybridized carbons (Fsp3) is 0.118. The van der Waals surface area contributed by atoms with Crippen LogP contribution in [0.3, 0.4) is 0 Å². The van der Waals surface area contributed by atoms with Crippen LogP contribution in [0.1, 0.15) is 22.7 Å². The van der Waals surface area contributed by atoms with Crippen LogP contribution in [0.15, 0.2) is 60.8 Å². The van der Waals surface area contributed by atoms with Gasteiger partial charge in [-0.3, -0.25) is 4.98 Å². The van der Waals surface area contributed by atoms with E-state index in [9.17, 15) is 0 Å². The van der Waals surface area contributed by atoms with Crippen LogP contribution in [0.25, 0.3) is 10.9 Å². The van der Waals surface area contributed by atoms with E-state index in [1.165, 1.54) is 11.1 Å². The number of benzene rings is 2. The van der Waals surface area contributed by atoms with E-state index in [0.717, 1.165) is 16.5 Å². The predicted molar refractivity (Wildman–Crippen MR) is 79.0 cm³/mol. The van der Waals surface area contributed by atoms with Crippen molar-refractivity contribution in [2.45, 2.75) is 13.0 Å². The van der Waals surface area contributed by atoms with E-state index in [0.29, 0.717) is 0 Å². The number of hydrogen-bond acceptors (Lipinski definition) is 2. The Morgan fingerprint density at radius 3 is 2.47 bits per heavy atom. The standard InChI is InChI=1S/C17H16N2/c1-12-6-2-3-7-13(12)17(18)15-10-11-19-16-9-5-4-8-14(15)16/h2-11,17H,18H2,1H3. The molecule has 1 aromatic heterocycles. The van der Waals surface area contributed by atoms with Crippen molar-refractivity contribution in [2.24, 2.45) is 5.73 Å². The Kier molecular flexibility index (Phi) is 3.02. The first-order valence-corrected chi connectivity index (χ1v) is 6.42. The normalized spacial score (nSPS) is 12.5. The Bertz CT molecular complexity index is 714. The summed E-state index contributed by atoms with van der Waals surface area (Å²) in [7, 11) is 0. The smallest absolute Gasteiger partial charge is 0.0705 e. The fourth-order valence-corrected chi connectivity index (χ4v) is 2.49. The molecule has 1 unspecified atom stereocenters. The molecule has 0 aliphatic heterocycles. The van der Waals surface area contributed by atoms with Crippen molar-refractivity contribution in [3.63, 3.8) is 0 Å². The van der Waals surface area contributed by atoms with Gasteiger partial charge in [0.2, 0.25) is 0 Å². The molecule has 0 aliphatic carbocycles. The number of pyridine rings is 1. The first-order chi connectivity index (χ1) is 9.27.